The maximum Gasteiger partial charge on any atom is 0.0195 e. The molecule has 0 bridgehead atoms. The van der Waals surface area contributed by atoms with Crippen LogP contribution in [0, 0.1) is 33.1 Å². The topological polar surface area (TPSA) is 0 Å². The Hall–Kier alpha value is -2.86. The molecule has 0 nitrogen and oxygen atoms in total. The van der Waals surface area contributed by atoms with E-state index in [9.17, 15) is 0 Å². The molecule has 0 saturated carbocycles. The van der Waals surface area contributed by atoms with Crippen LogP contribution in [0.5, 0.6) is 0 Å². The van der Waals surface area contributed by atoms with Gasteiger partial charge in [-0.25, -0.2) is 0 Å². The molecule has 1 atom stereocenters. The van der Waals surface area contributed by atoms with E-state index in [1.54, 1.807) is 0 Å². The normalized spacial score (nSPS) is 18.3. The first-order chi connectivity index (χ1) is 15.1. The van der Waals surface area contributed by atoms with Crippen molar-refractivity contribution in [2.75, 3.05) is 0 Å². The van der Waals surface area contributed by atoms with Gasteiger partial charge in [0.05, 0.1) is 0 Å². The van der Waals surface area contributed by atoms with Gasteiger partial charge >= 0.3 is 0 Å². The first-order valence-electron chi connectivity index (χ1n) is 11.8. The van der Waals surface area contributed by atoms with Crippen molar-refractivity contribution in [2.45, 2.75) is 61.3 Å². The molecule has 0 radical (unpaired) electrons. The minimum Gasteiger partial charge on any atom is -0.0622 e. The van der Waals surface area contributed by atoms with Gasteiger partial charge in [-0.1, -0.05) is 86.1 Å². The summed E-state index contributed by atoms with van der Waals surface area (Å²) in [6.45, 7) is 18.6. The molecule has 3 aromatic rings. The quantitative estimate of drug-likeness (QED) is 0.396. The highest BCUT2D eigenvalue weighted by molar-refractivity contribution is 5.91. The van der Waals surface area contributed by atoms with Gasteiger partial charge in [0.25, 0.3) is 0 Å². The first kappa shape index (κ1) is 22.3. The van der Waals surface area contributed by atoms with E-state index in [0.29, 0.717) is 0 Å². The molecular formula is C32H36. The zero-order valence-corrected chi connectivity index (χ0v) is 20.9. The summed E-state index contributed by atoms with van der Waals surface area (Å²) in [6.07, 6.45) is 0. The van der Waals surface area contributed by atoms with E-state index in [2.05, 4.69) is 122 Å². The fourth-order valence-corrected chi connectivity index (χ4v) is 5.96. The van der Waals surface area contributed by atoms with Gasteiger partial charge in [0.2, 0.25) is 0 Å². The molecule has 32 heavy (non-hydrogen) atoms. The van der Waals surface area contributed by atoms with Crippen molar-refractivity contribution >= 4 is 11.1 Å². The number of rotatable bonds is 3. The van der Waals surface area contributed by atoms with Crippen molar-refractivity contribution in [3.05, 3.63) is 117 Å². The number of benzene rings is 3. The SMILES string of the molecule is CC1=C(c2cc(C)ccc2C)C(c2c(C)cccc2C)C(C)(C)C(c2ccccc2)=C1C. The molecule has 1 unspecified atom stereocenters. The maximum atomic E-state index is 2.45. The van der Waals surface area contributed by atoms with Crippen LogP contribution in [-0.2, 0) is 0 Å². The van der Waals surface area contributed by atoms with Crippen molar-refractivity contribution in [2.24, 2.45) is 5.41 Å². The van der Waals surface area contributed by atoms with E-state index in [1.807, 2.05) is 0 Å². The summed E-state index contributed by atoms with van der Waals surface area (Å²) in [5.41, 5.74) is 15.4. The van der Waals surface area contributed by atoms with Crippen LogP contribution < -0.4 is 0 Å². The minimum absolute atomic E-state index is 0.0622. The van der Waals surface area contributed by atoms with E-state index < -0.39 is 0 Å². The summed E-state index contributed by atoms with van der Waals surface area (Å²) < 4.78 is 0. The Morgan fingerprint density at radius 2 is 1.25 bits per heavy atom. The predicted octanol–water partition coefficient (Wildman–Crippen LogP) is 8.99. The Kier molecular flexibility index (Phi) is 5.76. The van der Waals surface area contributed by atoms with Crippen LogP contribution in [0.2, 0.25) is 0 Å². The number of hydrogen-bond acceptors (Lipinski definition) is 0. The van der Waals surface area contributed by atoms with Crippen LogP contribution >= 0.6 is 0 Å². The lowest BCUT2D eigenvalue weighted by Gasteiger charge is -2.46. The van der Waals surface area contributed by atoms with Crippen LogP contribution in [0.1, 0.15) is 72.6 Å². The lowest BCUT2D eigenvalue weighted by Crippen LogP contribution is -2.31. The second kappa shape index (κ2) is 8.24. The number of aryl methyl sites for hydroxylation is 4. The third-order valence-electron chi connectivity index (χ3n) is 7.57. The van der Waals surface area contributed by atoms with Gasteiger partial charge in [-0.2, -0.15) is 0 Å². The van der Waals surface area contributed by atoms with Gasteiger partial charge in [-0.3, -0.25) is 0 Å². The second-order valence-corrected chi connectivity index (χ2v) is 10.2. The molecule has 164 valence electrons. The number of allylic oxidation sites excluding steroid dienone is 4. The van der Waals surface area contributed by atoms with Gasteiger partial charge < -0.3 is 0 Å². The van der Waals surface area contributed by atoms with Crippen LogP contribution in [-0.4, -0.2) is 0 Å². The van der Waals surface area contributed by atoms with Gasteiger partial charge in [-0.15, -0.1) is 0 Å². The summed E-state index contributed by atoms with van der Waals surface area (Å²) in [7, 11) is 0. The lowest BCUT2D eigenvalue weighted by atomic mass is 9.57. The predicted molar refractivity (Wildman–Crippen MR) is 140 cm³/mol. The molecule has 0 heteroatoms. The fourth-order valence-electron chi connectivity index (χ4n) is 5.96. The third-order valence-corrected chi connectivity index (χ3v) is 7.57. The van der Waals surface area contributed by atoms with Gasteiger partial charge in [0.15, 0.2) is 0 Å². The van der Waals surface area contributed by atoms with E-state index >= 15 is 0 Å². The highest BCUT2D eigenvalue weighted by atomic mass is 14.5. The lowest BCUT2D eigenvalue weighted by molar-refractivity contribution is 0.444. The monoisotopic (exact) mass is 420 g/mol. The average molecular weight is 421 g/mol. The van der Waals surface area contributed by atoms with E-state index in [1.165, 1.54) is 61.2 Å². The Balaban J connectivity index is 2.14. The zero-order valence-electron chi connectivity index (χ0n) is 20.9. The van der Waals surface area contributed by atoms with Crippen molar-refractivity contribution in [3.8, 4) is 0 Å². The summed E-state index contributed by atoms with van der Waals surface area (Å²) >= 11 is 0. The van der Waals surface area contributed by atoms with Crippen molar-refractivity contribution in [1.29, 1.82) is 0 Å². The van der Waals surface area contributed by atoms with Crippen molar-refractivity contribution in [1.82, 2.24) is 0 Å². The van der Waals surface area contributed by atoms with E-state index in [0.717, 1.165) is 0 Å². The van der Waals surface area contributed by atoms with E-state index in [-0.39, 0.29) is 11.3 Å². The molecule has 0 fully saturated rings. The minimum atomic E-state index is -0.0622. The van der Waals surface area contributed by atoms with Crippen LogP contribution in [0.3, 0.4) is 0 Å². The molecular weight excluding hydrogens is 384 g/mol. The van der Waals surface area contributed by atoms with Crippen molar-refractivity contribution < 1.29 is 0 Å². The molecule has 3 aromatic carbocycles. The van der Waals surface area contributed by atoms with Crippen molar-refractivity contribution in [3.63, 3.8) is 0 Å². The summed E-state index contributed by atoms with van der Waals surface area (Å²) in [5.74, 6) is 0.281. The molecule has 1 aliphatic carbocycles. The number of hydrogen-bond donors (Lipinski definition) is 0. The molecule has 0 amide bonds. The molecule has 4 rings (SSSR count). The third kappa shape index (κ3) is 3.56. The van der Waals surface area contributed by atoms with Gasteiger partial charge in [0.1, 0.15) is 0 Å². The van der Waals surface area contributed by atoms with Gasteiger partial charge in [0, 0.05) is 11.3 Å². The maximum absolute atomic E-state index is 2.45. The molecule has 0 aromatic heterocycles. The standard InChI is InChI=1S/C32H36/c1-20-17-18-21(2)27(19-20)29-24(5)25(6)30(26-15-10-9-11-16-26)32(7,8)31(29)28-22(3)13-12-14-23(28)4/h9-19,31H,1-8H3. The van der Waals surface area contributed by atoms with Crippen LogP contribution in [0.15, 0.2) is 77.9 Å². The largest absolute Gasteiger partial charge is 0.0622 e. The molecule has 1 aliphatic rings. The molecule has 0 heterocycles. The smallest absolute Gasteiger partial charge is 0.0195 e. The average Bonchev–Trinajstić information content (AvgIpc) is 2.74. The summed E-state index contributed by atoms with van der Waals surface area (Å²) in [6, 6.07) is 24.7. The summed E-state index contributed by atoms with van der Waals surface area (Å²) in [5, 5.41) is 0. The van der Waals surface area contributed by atoms with Crippen LogP contribution in [0.25, 0.3) is 11.1 Å². The second-order valence-electron chi connectivity index (χ2n) is 10.2. The fraction of sp³-hybridized carbons (Fsp3) is 0.312. The molecule has 0 aliphatic heterocycles. The van der Waals surface area contributed by atoms with Crippen LogP contribution in [0.4, 0.5) is 0 Å². The highest BCUT2D eigenvalue weighted by Gasteiger charge is 2.44. The molecule has 0 N–H and O–H groups in total. The summed E-state index contributed by atoms with van der Waals surface area (Å²) in [4.78, 5) is 0. The molecule has 0 saturated heterocycles. The Labute approximate surface area is 194 Å². The van der Waals surface area contributed by atoms with E-state index in [4.69, 9.17) is 0 Å². The molecule has 0 spiro atoms. The van der Waals surface area contributed by atoms with Gasteiger partial charge in [-0.05, 0) is 97.2 Å². The Bertz CT molecular complexity index is 1210. The Morgan fingerprint density at radius 3 is 1.88 bits per heavy atom. The first-order valence-corrected chi connectivity index (χ1v) is 11.8. The Morgan fingerprint density at radius 1 is 0.625 bits per heavy atom. The zero-order chi connectivity index (χ0) is 23.2. The highest BCUT2D eigenvalue weighted by Crippen LogP contribution is 2.59.